The summed E-state index contributed by atoms with van der Waals surface area (Å²) in [6.45, 7) is 2.30. The van der Waals surface area contributed by atoms with E-state index in [1.807, 2.05) is 6.92 Å². The zero-order valence-corrected chi connectivity index (χ0v) is 11.0. The lowest BCUT2D eigenvalue weighted by molar-refractivity contribution is 0.0505. The van der Waals surface area contributed by atoms with E-state index in [4.69, 9.17) is 21.1 Å². The van der Waals surface area contributed by atoms with Crippen LogP contribution in [0.3, 0.4) is 0 Å². The van der Waals surface area contributed by atoms with Gasteiger partial charge in [0.05, 0.1) is 17.9 Å². The molecule has 4 N–H and O–H groups in total. The Morgan fingerprint density at radius 1 is 1.50 bits per heavy atom. The molecule has 0 atom stereocenters. The minimum absolute atomic E-state index is 0.212. The quantitative estimate of drug-likeness (QED) is 0.313. The number of nitrogens with two attached hydrogens (primary N) is 1. The molecule has 0 aliphatic rings. The highest BCUT2D eigenvalue weighted by molar-refractivity contribution is 6.45. The summed E-state index contributed by atoms with van der Waals surface area (Å²) >= 11 is 0. The molecule has 0 amide bonds. The van der Waals surface area contributed by atoms with Gasteiger partial charge in [0, 0.05) is 0 Å². The first kappa shape index (κ1) is 15.2. The van der Waals surface area contributed by atoms with Gasteiger partial charge in [-0.25, -0.2) is 4.79 Å². The molecule has 0 bridgehead atoms. The van der Waals surface area contributed by atoms with Crippen LogP contribution in [-0.4, -0.2) is 24.1 Å². The van der Waals surface area contributed by atoms with Crippen molar-refractivity contribution < 1.29 is 9.53 Å². The van der Waals surface area contributed by atoms with Gasteiger partial charge >= 0.3 is 5.97 Å². The van der Waals surface area contributed by atoms with Crippen LogP contribution in [0.4, 0.5) is 5.69 Å². The third-order valence-electron chi connectivity index (χ3n) is 2.22. The van der Waals surface area contributed by atoms with Crippen LogP contribution in [0.5, 0.6) is 0 Å². The number of ether oxygens (including phenoxy) is 1. The van der Waals surface area contributed by atoms with Crippen LogP contribution in [-0.2, 0) is 4.74 Å². The molecule has 0 saturated heterocycles. The minimum atomic E-state index is -0.417. The third-order valence-corrected chi connectivity index (χ3v) is 2.22. The number of hydrazone groups is 1. The van der Waals surface area contributed by atoms with Gasteiger partial charge in [-0.05, 0) is 30.7 Å². The highest BCUT2D eigenvalue weighted by Crippen LogP contribution is 2.10. The molecule has 0 unspecified atom stereocenters. The van der Waals surface area contributed by atoms with Gasteiger partial charge in [-0.3, -0.25) is 10.8 Å². The molecule has 0 aliphatic heterocycles. The van der Waals surface area contributed by atoms with Gasteiger partial charge in [0.25, 0.3) is 0 Å². The van der Waals surface area contributed by atoms with Gasteiger partial charge in [0.1, 0.15) is 6.07 Å². The molecule has 0 spiro atoms. The van der Waals surface area contributed by atoms with Crippen molar-refractivity contribution in [1.29, 1.82) is 10.7 Å². The molecule has 1 aromatic carbocycles. The molecular formula is C13H15N5O2. The molecule has 7 nitrogen and oxygen atoms in total. The summed E-state index contributed by atoms with van der Waals surface area (Å²) in [5, 5.41) is 19.4. The fraction of sp³-hybridized carbons (Fsp3) is 0.231. The maximum atomic E-state index is 11.6. The number of amidine groups is 1. The fourth-order valence-corrected chi connectivity index (χ4v) is 1.22. The lowest BCUT2D eigenvalue weighted by Gasteiger charge is -2.04. The maximum Gasteiger partial charge on any atom is 0.338 e. The maximum absolute atomic E-state index is 11.6. The lowest BCUT2D eigenvalue weighted by Crippen LogP contribution is -2.21. The van der Waals surface area contributed by atoms with Crippen molar-refractivity contribution in [3.8, 4) is 6.07 Å². The van der Waals surface area contributed by atoms with E-state index < -0.39 is 5.84 Å². The highest BCUT2D eigenvalue weighted by atomic mass is 16.5. The molecule has 20 heavy (non-hydrogen) atoms. The average molecular weight is 273 g/mol. The van der Waals surface area contributed by atoms with Gasteiger partial charge < -0.3 is 10.5 Å². The number of nitrogens with zero attached hydrogens (tertiary/aromatic N) is 2. The first-order valence-electron chi connectivity index (χ1n) is 5.93. The highest BCUT2D eigenvalue weighted by Gasteiger charge is 2.06. The lowest BCUT2D eigenvalue weighted by atomic mass is 10.2. The molecule has 0 heterocycles. The van der Waals surface area contributed by atoms with Crippen LogP contribution in [0.2, 0.25) is 0 Å². The van der Waals surface area contributed by atoms with E-state index in [-0.39, 0.29) is 11.7 Å². The second-order valence-corrected chi connectivity index (χ2v) is 3.81. The molecule has 0 aromatic heterocycles. The van der Waals surface area contributed by atoms with Crippen molar-refractivity contribution in [3.63, 3.8) is 0 Å². The fourth-order valence-electron chi connectivity index (χ4n) is 1.22. The number of hydrogen-bond donors (Lipinski definition) is 3. The molecular weight excluding hydrogens is 258 g/mol. The average Bonchev–Trinajstić information content (AvgIpc) is 2.45. The number of nitriles is 1. The zero-order chi connectivity index (χ0) is 15.0. The van der Waals surface area contributed by atoms with Crippen LogP contribution in [0.25, 0.3) is 0 Å². The first-order valence-corrected chi connectivity index (χ1v) is 5.93. The molecule has 0 radical (unpaired) electrons. The number of rotatable bonds is 6. The largest absolute Gasteiger partial charge is 0.462 e. The Hall–Kier alpha value is -2.88. The Labute approximate surface area is 116 Å². The molecule has 0 fully saturated rings. The van der Waals surface area contributed by atoms with Gasteiger partial charge in [0.15, 0.2) is 5.84 Å². The SMILES string of the molecule is CCCOC(=O)c1ccc(N/N=C(\C#N)C(=N)N)cc1. The molecule has 1 aromatic rings. The molecule has 1 rings (SSSR count). The Kier molecular flexibility index (Phi) is 5.72. The first-order chi connectivity index (χ1) is 9.58. The van der Waals surface area contributed by atoms with Crippen LogP contribution in [0, 0.1) is 16.7 Å². The second-order valence-electron chi connectivity index (χ2n) is 3.81. The Morgan fingerprint density at radius 2 is 2.15 bits per heavy atom. The Balaban J connectivity index is 2.70. The second kappa shape index (κ2) is 7.53. The molecule has 0 saturated carbocycles. The Morgan fingerprint density at radius 3 is 2.65 bits per heavy atom. The summed E-state index contributed by atoms with van der Waals surface area (Å²) in [4.78, 5) is 11.6. The van der Waals surface area contributed by atoms with Crippen LogP contribution >= 0.6 is 0 Å². The number of hydrogen-bond acceptors (Lipinski definition) is 6. The van der Waals surface area contributed by atoms with E-state index in [9.17, 15) is 4.79 Å². The van der Waals surface area contributed by atoms with E-state index in [2.05, 4.69) is 10.5 Å². The molecule has 0 aliphatic carbocycles. The van der Waals surface area contributed by atoms with Crippen molar-refractivity contribution in [1.82, 2.24) is 0 Å². The van der Waals surface area contributed by atoms with Gasteiger partial charge in [0.2, 0.25) is 5.71 Å². The summed E-state index contributed by atoms with van der Waals surface area (Å²) in [6.07, 6.45) is 0.766. The van der Waals surface area contributed by atoms with Gasteiger partial charge in [-0.15, -0.1) is 0 Å². The number of esters is 1. The topological polar surface area (TPSA) is 124 Å². The summed E-state index contributed by atoms with van der Waals surface area (Å²) in [6, 6.07) is 8.07. The van der Waals surface area contributed by atoms with E-state index in [0.29, 0.717) is 17.9 Å². The normalized spacial score (nSPS) is 10.5. The zero-order valence-electron chi connectivity index (χ0n) is 11.0. The predicted octanol–water partition coefficient (Wildman–Crippen LogP) is 1.48. The monoisotopic (exact) mass is 273 g/mol. The van der Waals surface area contributed by atoms with Crippen LogP contribution in [0.1, 0.15) is 23.7 Å². The molecule has 7 heteroatoms. The van der Waals surface area contributed by atoms with Crippen molar-refractivity contribution in [2.24, 2.45) is 10.8 Å². The minimum Gasteiger partial charge on any atom is -0.462 e. The smallest absolute Gasteiger partial charge is 0.338 e. The number of nitrogens with one attached hydrogen (secondary N) is 2. The summed E-state index contributed by atoms with van der Waals surface area (Å²) < 4.78 is 4.99. The number of benzene rings is 1. The summed E-state index contributed by atoms with van der Waals surface area (Å²) in [5.74, 6) is -0.803. The number of anilines is 1. The van der Waals surface area contributed by atoms with E-state index in [0.717, 1.165) is 6.42 Å². The van der Waals surface area contributed by atoms with Crippen molar-refractivity contribution >= 4 is 23.2 Å². The van der Waals surface area contributed by atoms with E-state index in [1.165, 1.54) is 0 Å². The van der Waals surface area contributed by atoms with Crippen molar-refractivity contribution in [2.45, 2.75) is 13.3 Å². The summed E-state index contributed by atoms with van der Waals surface area (Å²) in [5.41, 5.74) is 8.51. The summed E-state index contributed by atoms with van der Waals surface area (Å²) in [7, 11) is 0. The van der Waals surface area contributed by atoms with Crippen LogP contribution < -0.4 is 11.2 Å². The number of carbonyl (C=O) groups is 1. The standard InChI is InChI=1S/C13H15N5O2/c1-2-7-20-13(19)9-3-5-10(6-4-9)17-18-11(8-14)12(15)16/h3-6,17H,2,7H2,1H3,(H3,15,16)/b18-11+. The van der Waals surface area contributed by atoms with Gasteiger partial charge in [-0.1, -0.05) is 6.92 Å². The van der Waals surface area contributed by atoms with E-state index in [1.54, 1.807) is 30.3 Å². The predicted molar refractivity (Wildman–Crippen MR) is 75.6 cm³/mol. The van der Waals surface area contributed by atoms with Crippen molar-refractivity contribution in [2.75, 3.05) is 12.0 Å². The number of carbonyl (C=O) groups excluding carboxylic acids is 1. The van der Waals surface area contributed by atoms with E-state index >= 15 is 0 Å². The third kappa shape index (κ3) is 4.42. The Bertz CT molecular complexity index is 557. The van der Waals surface area contributed by atoms with Crippen molar-refractivity contribution in [3.05, 3.63) is 29.8 Å². The molecule has 104 valence electrons. The van der Waals surface area contributed by atoms with Crippen LogP contribution in [0.15, 0.2) is 29.4 Å². The van der Waals surface area contributed by atoms with Gasteiger partial charge in [-0.2, -0.15) is 10.4 Å².